The zero-order chi connectivity index (χ0) is 9.56. The molecule has 0 amide bonds. The summed E-state index contributed by atoms with van der Waals surface area (Å²) in [4.78, 5) is 0. The Kier molecular flexibility index (Phi) is 6.96. The zero-order valence-corrected chi connectivity index (χ0v) is 9.95. The molecule has 1 nitrogen and oxygen atoms in total. The van der Waals surface area contributed by atoms with E-state index in [4.69, 9.17) is 0 Å². The van der Waals surface area contributed by atoms with E-state index in [0.29, 0.717) is 0 Å². The summed E-state index contributed by atoms with van der Waals surface area (Å²) in [5.41, 5.74) is 0. The monoisotopic (exact) mass is 189 g/mol. The van der Waals surface area contributed by atoms with Gasteiger partial charge in [0, 0.05) is 6.54 Å². The van der Waals surface area contributed by atoms with Crippen molar-refractivity contribution in [3.63, 3.8) is 0 Å². The lowest BCUT2D eigenvalue weighted by Gasteiger charge is -2.17. The Morgan fingerprint density at radius 2 is 1.83 bits per heavy atom. The van der Waals surface area contributed by atoms with Gasteiger partial charge in [-0.25, -0.2) is 0 Å². The summed E-state index contributed by atoms with van der Waals surface area (Å²) in [6, 6.07) is 0. The number of hydrogen-bond donors (Lipinski definition) is 0. The van der Waals surface area contributed by atoms with Gasteiger partial charge >= 0.3 is 0 Å². The van der Waals surface area contributed by atoms with E-state index in [-0.39, 0.29) is 0 Å². The lowest BCUT2D eigenvalue weighted by atomic mass is 9.96. The first kappa shape index (κ1) is 12.3. The van der Waals surface area contributed by atoms with Crippen LogP contribution in [0.1, 0.15) is 33.6 Å². The maximum absolute atomic E-state index is 2.36. The molecule has 0 rings (SSSR count). The lowest BCUT2D eigenvalue weighted by molar-refractivity contribution is 0.383. The van der Waals surface area contributed by atoms with E-state index in [1.165, 1.54) is 19.4 Å². The van der Waals surface area contributed by atoms with Crippen molar-refractivity contribution in [2.75, 3.05) is 19.8 Å². The zero-order valence-electron chi connectivity index (χ0n) is 9.13. The van der Waals surface area contributed by atoms with Crippen LogP contribution in [0.15, 0.2) is 0 Å². The fourth-order valence-electron chi connectivity index (χ4n) is 1.42. The molecule has 0 spiro atoms. The summed E-state index contributed by atoms with van der Waals surface area (Å²) in [6.45, 7) is 8.17. The topological polar surface area (TPSA) is 3.24 Å². The van der Waals surface area contributed by atoms with Crippen LogP contribution in [-0.2, 0) is 0 Å². The maximum Gasteiger partial charge on any atom is 0.00886 e. The molecule has 1 atom stereocenters. The van der Waals surface area contributed by atoms with Crippen molar-refractivity contribution in [3.8, 4) is 0 Å². The minimum atomic E-state index is 0.847. The quantitative estimate of drug-likeness (QED) is 0.590. The highest BCUT2D eigenvalue weighted by Gasteiger charge is 2.05. The average Bonchev–Trinajstić information content (AvgIpc) is 1.99. The first-order chi connectivity index (χ1) is 5.56. The van der Waals surface area contributed by atoms with Crippen molar-refractivity contribution < 1.29 is 0 Å². The molecule has 0 aliphatic carbocycles. The molecule has 0 aromatic rings. The van der Waals surface area contributed by atoms with Crippen LogP contribution < -0.4 is 0 Å². The normalized spacial score (nSPS) is 14.2. The lowest BCUT2D eigenvalue weighted by Crippen LogP contribution is -2.13. The molecular weight excluding hydrogens is 166 g/mol. The van der Waals surface area contributed by atoms with Gasteiger partial charge in [0.25, 0.3) is 0 Å². The largest absolute Gasteiger partial charge is 0.254 e. The summed E-state index contributed by atoms with van der Waals surface area (Å²) >= 11 is 1.82. The Labute approximate surface area is 82.0 Å². The highest BCUT2D eigenvalue weighted by Crippen LogP contribution is 2.15. The van der Waals surface area contributed by atoms with Crippen LogP contribution in [0.25, 0.3) is 0 Å². The van der Waals surface area contributed by atoms with Gasteiger partial charge in [-0.15, -0.1) is 0 Å². The molecule has 0 aliphatic heterocycles. The highest BCUT2D eigenvalue weighted by atomic mass is 32.2. The molecule has 0 bridgehead atoms. The molecule has 0 unspecified atom stereocenters. The van der Waals surface area contributed by atoms with Crippen molar-refractivity contribution in [2.24, 2.45) is 11.8 Å². The summed E-state index contributed by atoms with van der Waals surface area (Å²) in [6.07, 6.45) is 4.82. The molecule has 0 fully saturated rings. The van der Waals surface area contributed by atoms with Gasteiger partial charge in [0.15, 0.2) is 0 Å². The van der Waals surface area contributed by atoms with E-state index in [1.54, 1.807) is 0 Å². The smallest absolute Gasteiger partial charge is 0.00886 e. The van der Waals surface area contributed by atoms with E-state index in [9.17, 15) is 0 Å². The summed E-state index contributed by atoms with van der Waals surface area (Å²) in [5.74, 6) is 1.72. The van der Waals surface area contributed by atoms with Crippen LogP contribution in [0.5, 0.6) is 0 Å². The van der Waals surface area contributed by atoms with Gasteiger partial charge in [0.2, 0.25) is 0 Å². The Bertz CT molecular complexity index is 104. The fourth-order valence-corrected chi connectivity index (χ4v) is 1.70. The summed E-state index contributed by atoms with van der Waals surface area (Å²) < 4.78 is 2.30. The Balaban J connectivity index is 3.36. The van der Waals surface area contributed by atoms with E-state index in [0.717, 1.165) is 11.8 Å². The molecule has 0 heterocycles. The van der Waals surface area contributed by atoms with E-state index in [1.807, 2.05) is 11.9 Å². The fraction of sp³-hybridized carbons (Fsp3) is 1.00. The van der Waals surface area contributed by atoms with Gasteiger partial charge in [-0.2, -0.15) is 0 Å². The van der Waals surface area contributed by atoms with Gasteiger partial charge in [-0.3, -0.25) is 4.31 Å². The molecule has 0 saturated heterocycles. The first-order valence-electron chi connectivity index (χ1n) is 4.81. The summed E-state index contributed by atoms with van der Waals surface area (Å²) in [5, 5.41) is 0. The van der Waals surface area contributed by atoms with Crippen LogP contribution in [0, 0.1) is 11.8 Å². The van der Waals surface area contributed by atoms with Crippen molar-refractivity contribution in [2.45, 2.75) is 33.6 Å². The van der Waals surface area contributed by atoms with Crippen molar-refractivity contribution in [1.29, 1.82) is 0 Å². The van der Waals surface area contributed by atoms with Crippen molar-refractivity contribution >= 4 is 11.9 Å². The van der Waals surface area contributed by atoms with E-state index >= 15 is 0 Å². The van der Waals surface area contributed by atoms with Crippen LogP contribution >= 0.6 is 11.9 Å². The predicted octanol–water partition coefficient (Wildman–Crippen LogP) is 3.27. The van der Waals surface area contributed by atoms with Crippen LogP contribution in [0.4, 0.5) is 0 Å². The third-order valence-electron chi connectivity index (χ3n) is 2.12. The Morgan fingerprint density at radius 1 is 1.25 bits per heavy atom. The minimum Gasteiger partial charge on any atom is -0.254 e. The summed E-state index contributed by atoms with van der Waals surface area (Å²) in [7, 11) is 2.16. The molecule has 2 heteroatoms. The first-order valence-corrected chi connectivity index (χ1v) is 5.99. The Hall–Kier alpha value is 0.310. The number of rotatable bonds is 6. The second-order valence-corrected chi connectivity index (χ2v) is 5.05. The van der Waals surface area contributed by atoms with Gasteiger partial charge in [-0.1, -0.05) is 32.7 Å². The van der Waals surface area contributed by atoms with Gasteiger partial charge in [0.05, 0.1) is 0 Å². The minimum absolute atomic E-state index is 0.847. The molecule has 0 N–H and O–H groups in total. The molecule has 0 aliphatic rings. The predicted molar refractivity (Wildman–Crippen MR) is 59.4 cm³/mol. The molecule has 0 aromatic heterocycles. The average molecular weight is 189 g/mol. The molecular formula is C10H23NS. The highest BCUT2D eigenvalue weighted by molar-refractivity contribution is 7.96. The van der Waals surface area contributed by atoms with E-state index in [2.05, 4.69) is 38.4 Å². The molecule has 74 valence electrons. The van der Waals surface area contributed by atoms with Gasteiger partial charge in [-0.05, 0) is 38.0 Å². The SMILES string of the molecule is CSN(C)CC[C@@H](C)CC(C)C. The second kappa shape index (κ2) is 6.79. The second-order valence-electron chi connectivity index (χ2n) is 4.06. The molecule has 0 saturated carbocycles. The van der Waals surface area contributed by atoms with Crippen molar-refractivity contribution in [3.05, 3.63) is 0 Å². The maximum atomic E-state index is 2.36. The van der Waals surface area contributed by atoms with Gasteiger partial charge < -0.3 is 0 Å². The standard InChI is InChI=1S/C10H23NS/c1-9(2)8-10(3)6-7-11(4)12-5/h9-10H,6-8H2,1-5H3/t10-/m1/s1. The number of hydrogen-bond acceptors (Lipinski definition) is 2. The van der Waals surface area contributed by atoms with Crippen molar-refractivity contribution in [1.82, 2.24) is 4.31 Å². The van der Waals surface area contributed by atoms with Gasteiger partial charge in [0.1, 0.15) is 0 Å². The van der Waals surface area contributed by atoms with Crippen LogP contribution in [-0.4, -0.2) is 24.2 Å². The van der Waals surface area contributed by atoms with E-state index < -0.39 is 0 Å². The number of nitrogens with zero attached hydrogens (tertiary/aromatic N) is 1. The third kappa shape index (κ3) is 6.99. The molecule has 12 heavy (non-hydrogen) atoms. The third-order valence-corrected chi connectivity index (χ3v) is 2.93. The van der Waals surface area contributed by atoms with Crippen LogP contribution in [0.2, 0.25) is 0 Å². The van der Waals surface area contributed by atoms with Crippen LogP contribution in [0.3, 0.4) is 0 Å². The molecule has 0 aromatic carbocycles. The Morgan fingerprint density at radius 3 is 2.25 bits per heavy atom. The molecule has 0 radical (unpaired) electrons.